The molecule has 0 radical (unpaired) electrons. The van der Waals surface area contributed by atoms with Crippen LogP contribution in [0.2, 0.25) is 0 Å². The van der Waals surface area contributed by atoms with Gasteiger partial charge in [-0.05, 0) is 19.1 Å². The number of hydrogen-bond acceptors (Lipinski definition) is 2. The van der Waals surface area contributed by atoms with E-state index in [0.29, 0.717) is 0 Å². The van der Waals surface area contributed by atoms with Gasteiger partial charge in [-0.2, -0.15) is 0 Å². The Morgan fingerprint density at radius 2 is 2.25 bits per heavy atom. The molecule has 0 bridgehead atoms. The van der Waals surface area contributed by atoms with Crippen LogP contribution in [0, 0.1) is 0 Å². The fourth-order valence-electron chi connectivity index (χ4n) is 1.20. The fraction of sp³-hybridized carbons (Fsp3) is 0.375. The highest BCUT2D eigenvalue weighted by molar-refractivity contribution is 5.86. The summed E-state index contributed by atoms with van der Waals surface area (Å²) in [6.07, 6.45) is 0. The summed E-state index contributed by atoms with van der Waals surface area (Å²) in [5, 5.41) is 8.70. The maximum atomic E-state index is 10.6. The van der Waals surface area contributed by atoms with E-state index in [1.807, 2.05) is 6.92 Å². The first kappa shape index (κ1) is 8.80. The number of carbonyl (C=O) groups is 1. The van der Waals surface area contributed by atoms with Crippen LogP contribution in [0.15, 0.2) is 12.1 Å². The van der Waals surface area contributed by atoms with Gasteiger partial charge >= 0.3 is 5.97 Å². The Kier molecular flexibility index (Phi) is 2.19. The van der Waals surface area contributed by atoms with E-state index in [1.165, 1.54) is 0 Å². The molecule has 0 saturated heterocycles. The molecule has 1 heterocycles. The van der Waals surface area contributed by atoms with Crippen molar-refractivity contribution >= 4 is 5.97 Å². The summed E-state index contributed by atoms with van der Waals surface area (Å²) in [6.45, 7) is 1.82. The lowest BCUT2D eigenvalue weighted by atomic mass is 10.2. The van der Waals surface area contributed by atoms with Gasteiger partial charge in [0.25, 0.3) is 0 Å². The summed E-state index contributed by atoms with van der Waals surface area (Å²) in [5.41, 5.74) is 6.71. The Morgan fingerprint density at radius 3 is 2.50 bits per heavy atom. The molecule has 1 unspecified atom stereocenters. The van der Waals surface area contributed by atoms with Crippen LogP contribution in [-0.2, 0) is 7.05 Å². The van der Waals surface area contributed by atoms with Crippen LogP contribution in [0.1, 0.15) is 29.1 Å². The standard InChI is InChI=1S/C8H12N2O2/c1-5(9)6-3-4-7(8(11)12)10(6)2/h3-5H,9H2,1-2H3,(H,11,12). The van der Waals surface area contributed by atoms with Gasteiger partial charge in [0, 0.05) is 18.8 Å². The van der Waals surface area contributed by atoms with Gasteiger partial charge in [0.15, 0.2) is 0 Å². The molecular weight excluding hydrogens is 156 g/mol. The van der Waals surface area contributed by atoms with Crippen LogP contribution in [0.5, 0.6) is 0 Å². The predicted octanol–water partition coefficient (Wildman–Crippen LogP) is 0.743. The highest BCUT2D eigenvalue weighted by Gasteiger charge is 2.12. The third kappa shape index (κ3) is 1.33. The Bertz CT molecular complexity index is 302. The minimum atomic E-state index is -0.926. The molecule has 0 saturated carbocycles. The summed E-state index contributed by atoms with van der Waals surface area (Å²) in [4.78, 5) is 10.6. The second-order valence-electron chi connectivity index (χ2n) is 2.80. The molecule has 3 N–H and O–H groups in total. The number of aromatic nitrogens is 1. The molecule has 4 nitrogen and oxygen atoms in total. The largest absolute Gasteiger partial charge is 0.477 e. The molecule has 0 aromatic carbocycles. The maximum Gasteiger partial charge on any atom is 0.352 e. The Labute approximate surface area is 70.6 Å². The SMILES string of the molecule is CC(N)c1ccc(C(=O)O)n1C. The van der Waals surface area contributed by atoms with Gasteiger partial charge < -0.3 is 15.4 Å². The van der Waals surface area contributed by atoms with Gasteiger partial charge in [-0.15, -0.1) is 0 Å². The van der Waals surface area contributed by atoms with Crippen molar-refractivity contribution in [2.45, 2.75) is 13.0 Å². The first-order valence-electron chi connectivity index (χ1n) is 3.68. The Morgan fingerprint density at radius 1 is 1.67 bits per heavy atom. The van der Waals surface area contributed by atoms with Gasteiger partial charge in [-0.25, -0.2) is 4.79 Å². The summed E-state index contributed by atoms with van der Waals surface area (Å²) >= 11 is 0. The topological polar surface area (TPSA) is 68.2 Å². The summed E-state index contributed by atoms with van der Waals surface area (Å²) < 4.78 is 1.59. The van der Waals surface area contributed by atoms with Crippen molar-refractivity contribution in [3.63, 3.8) is 0 Å². The van der Waals surface area contributed by atoms with E-state index in [1.54, 1.807) is 23.7 Å². The number of carboxylic acid groups (broad SMARTS) is 1. The van der Waals surface area contributed by atoms with Crippen molar-refractivity contribution in [1.29, 1.82) is 0 Å². The normalized spacial score (nSPS) is 12.9. The lowest BCUT2D eigenvalue weighted by molar-refractivity contribution is 0.0686. The molecule has 0 spiro atoms. The number of nitrogens with two attached hydrogens (primary N) is 1. The molecule has 0 amide bonds. The van der Waals surface area contributed by atoms with Crippen molar-refractivity contribution in [2.24, 2.45) is 12.8 Å². The molecule has 12 heavy (non-hydrogen) atoms. The number of hydrogen-bond donors (Lipinski definition) is 2. The van der Waals surface area contributed by atoms with E-state index in [-0.39, 0.29) is 11.7 Å². The lowest BCUT2D eigenvalue weighted by Gasteiger charge is -2.07. The molecular formula is C8H12N2O2. The quantitative estimate of drug-likeness (QED) is 0.684. The number of rotatable bonds is 2. The van der Waals surface area contributed by atoms with E-state index < -0.39 is 5.97 Å². The third-order valence-corrected chi connectivity index (χ3v) is 1.85. The maximum absolute atomic E-state index is 10.6. The van der Waals surface area contributed by atoms with Crippen LogP contribution >= 0.6 is 0 Å². The molecule has 0 aliphatic carbocycles. The molecule has 1 aromatic rings. The monoisotopic (exact) mass is 168 g/mol. The van der Waals surface area contributed by atoms with Crippen LogP contribution in [-0.4, -0.2) is 15.6 Å². The van der Waals surface area contributed by atoms with E-state index in [9.17, 15) is 4.79 Å². The average Bonchev–Trinajstić information content (AvgIpc) is 2.30. The number of nitrogens with zero attached hydrogens (tertiary/aromatic N) is 1. The highest BCUT2D eigenvalue weighted by Crippen LogP contribution is 2.12. The van der Waals surface area contributed by atoms with Gasteiger partial charge in [-0.1, -0.05) is 0 Å². The van der Waals surface area contributed by atoms with Gasteiger partial charge in [0.2, 0.25) is 0 Å². The second-order valence-corrected chi connectivity index (χ2v) is 2.80. The highest BCUT2D eigenvalue weighted by atomic mass is 16.4. The number of aromatic carboxylic acids is 1. The Hall–Kier alpha value is -1.29. The smallest absolute Gasteiger partial charge is 0.352 e. The van der Waals surface area contributed by atoms with Crippen LogP contribution in [0.3, 0.4) is 0 Å². The van der Waals surface area contributed by atoms with Crippen molar-refractivity contribution in [3.05, 3.63) is 23.5 Å². The van der Waals surface area contributed by atoms with Crippen LogP contribution < -0.4 is 5.73 Å². The van der Waals surface area contributed by atoms with E-state index in [4.69, 9.17) is 10.8 Å². The summed E-state index contributed by atoms with van der Waals surface area (Å²) in [6, 6.07) is 3.15. The molecule has 0 aliphatic heterocycles. The van der Waals surface area contributed by atoms with Crippen molar-refractivity contribution < 1.29 is 9.90 Å². The van der Waals surface area contributed by atoms with E-state index >= 15 is 0 Å². The fourth-order valence-corrected chi connectivity index (χ4v) is 1.20. The van der Waals surface area contributed by atoms with Gasteiger partial charge in [0.05, 0.1) is 0 Å². The lowest BCUT2D eigenvalue weighted by Crippen LogP contribution is -2.13. The molecule has 0 fully saturated rings. The molecule has 1 atom stereocenters. The van der Waals surface area contributed by atoms with Gasteiger partial charge in [0.1, 0.15) is 5.69 Å². The summed E-state index contributed by atoms with van der Waals surface area (Å²) in [5.74, 6) is -0.926. The zero-order chi connectivity index (χ0) is 9.30. The first-order chi connectivity index (χ1) is 5.54. The van der Waals surface area contributed by atoms with Crippen molar-refractivity contribution in [2.75, 3.05) is 0 Å². The predicted molar refractivity (Wildman–Crippen MR) is 45.0 cm³/mol. The van der Waals surface area contributed by atoms with E-state index in [0.717, 1.165) is 5.69 Å². The molecule has 66 valence electrons. The number of carboxylic acids is 1. The zero-order valence-corrected chi connectivity index (χ0v) is 7.11. The van der Waals surface area contributed by atoms with Crippen molar-refractivity contribution in [3.8, 4) is 0 Å². The second kappa shape index (κ2) is 2.98. The molecule has 1 rings (SSSR count). The molecule has 4 heteroatoms. The zero-order valence-electron chi connectivity index (χ0n) is 7.11. The first-order valence-corrected chi connectivity index (χ1v) is 3.68. The third-order valence-electron chi connectivity index (χ3n) is 1.85. The Balaban J connectivity index is 3.13. The van der Waals surface area contributed by atoms with Gasteiger partial charge in [-0.3, -0.25) is 0 Å². The van der Waals surface area contributed by atoms with Crippen molar-refractivity contribution in [1.82, 2.24) is 4.57 Å². The molecule has 1 aromatic heterocycles. The summed E-state index contributed by atoms with van der Waals surface area (Å²) in [7, 11) is 1.70. The minimum Gasteiger partial charge on any atom is -0.477 e. The van der Waals surface area contributed by atoms with E-state index in [2.05, 4.69) is 0 Å². The minimum absolute atomic E-state index is 0.136. The van der Waals surface area contributed by atoms with Crippen LogP contribution in [0.25, 0.3) is 0 Å². The average molecular weight is 168 g/mol. The van der Waals surface area contributed by atoms with Crippen LogP contribution in [0.4, 0.5) is 0 Å². The molecule has 0 aliphatic rings.